The Labute approximate surface area is 180 Å². The monoisotopic (exact) mass is 439 g/mol. The van der Waals surface area contributed by atoms with Crippen molar-refractivity contribution in [3.8, 4) is 0 Å². The number of carboxylic acid groups (broad SMARTS) is 1. The molecule has 1 saturated heterocycles. The quantitative estimate of drug-likeness (QED) is 0.140. The number of carbonyl (C=O) groups is 2. The molecule has 1 fully saturated rings. The summed E-state index contributed by atoms with van der Waals surface area (Å²) in [7, 11) is 0. The summed E-state index contributed by atoms with van der Waals surface area (Å²) in [6, 6.07) is -2.38. The van der Waals surface area contributed by atoms with E-state index in [1.165, 1.54) is 4.90 Å². The number of nitrogens with two attached hydrogens (primary N) is 4. The maximum absolute atomic E-state index is 12.8. The van der Waals surface area contributed by atoms with Crippen LogP contribution in [-0.2, 0) is 4.79 Å². The predicted molar refractivity (Wildman–Crippen MR) is 113 cm³/mol. The minimum atomic E-state index is -1.03. The van der Waals surface area contributed by atoms with Crippen molar-refractivity contribution in [2.75, 3.05) is 19.6 Å². The lowest BCUT2D eigenvalue weighted by atomic mass is 10.1. The number of guanidine groups is 1. The van der Waals surface area contributed by atoms with Crippen molar-refractivity contribution < 1.29 is 19.2 Å². The lowest BCUT2D eigenvalue weighted by Gasteiger charge is -2.24. The lowest BCUT2D eigenvalue weighted by molar-refractivity contribution is -0.141. The number of aliphatic carboxylic acids is 1. The smallest absolute Gasteiger partial charge is 0.326 e. The van der Waals surface area contributed by atoms with Crippen molar-refractivity contribution in [2.45, 2.75) is 63.1 Å². The molecule has 1 unspecified atom stereocenters. The number of aromatic nitrogens is 2. The van der Waals surface area contributed by atoms with E-state index in [-0.39, 0.29) is 11.9 Å². The van der Waals surface area contributed by atoms with Crippen LogP contribution in [0.3, 0.4) is 0 Å². The average Bonchev–Trinajstić information content (AvgIpc) is 3.40. The van der Waals surface area contributed by atoms with E-state index in [0.29, 0.717) is 57.6 Å². The zero-order chi connectivity index (χ0) is 22.8. The van der Waals surface area contributed by atoms with Crippen molar-refractivity contribution in [3.63, 3.8) is 0 Å². The van der Waals surface area contributed by atoms with Crippen LogP contribution in [-0.4, -0.2) is 63.8 Å². The highest BCUT2D eigenvalue weighted by Crippen LogP contribution is 2.23. The van der Waals surface area contributed by atoms with Gasteiger partial charge in [0.15, 0.2) is 11.8 Å². The number of amides is 2. The van der Waals surface area contributed by atoms with E-state index in [2.05, 4.69) is 20.4 Å². The van der Waals surface area contributed by atoms with Crippen molar-refractivity contribution in [2.24, 2.45) is 27.9 Å². The predicted octanol–water partition coefficient (Wildman–Crippen LogP) is -0.448. The molecule has 174 valence electrons. The number of urea groups is 1. The first kappa shape index (κ1) is 24.3. The molecule has 0 saturated carbocycles. The summed E-state index contributed by atoms with van der Waals surface area (Å²) in [6.07, 6.45) is 4.34. The van der Waals surface area contributed by atoms with Crippen molar-refractivity contribution in [3.05, 3.63) is 11.7 Å². The Morgan fingerprint density at radius 1 is 1.29 bits per heavy atom. The SMILES string of the molecule is NCCCC[C@H](N)c1noc([C@H](CCCN=C(N)N)NC(=O)N2CCCC2C(=O)O)n1. The Balaban J connectivity index is 2.08. The molecule has 0 aromatic carbocycles. The third-order valence-electron chi connectivity index (χ3n) is 5.10. The summed E-state index contributed by atoms with van der Waals surface area (Å²) in [4.78, 5) is 33.8. The molecule has 0 spiro atoms. The molecule has 1 aliphatic rings. The Kier molecular flexibility index (Phi) is 9.46. The van der Waals surface area contributed by atoms with E-state index in [1.807, 2.05) is 0 Å². The van der Waals surface area contributed by atoms with E-state index in [9.17, 15) is 14.7 Å². The molecule has 2 rings (SSSR count). The standard InChI is InChI=1S/C18H33N9O4/c19-8-2-1-5-11(20)14-25-15(31-26-14)12(6-3-9-23-17(21)22)24-18(30)27-10-4-7-13(27)16(28)29/h11-13H,1-10,19-20H2,(H,24,30)(H,28,29)(H4,21,22,23)/t11-,12-,13?/m0/s1. The average molecular weight is 440 g/mol. The molecule has 0 bridgehead atoms. The van der Waals surface area contributed by atoms with Crippen LogP contribution in [0.5, 0.6) is 0 Å². The highest BCUT2D eigenvalue weighted by atomic mass is 16.5. The zero-order valence-corrected chi connectivity index (χ0v) is 17.6. The van der Waals surface area contributed by atoms with Crippen LogP contribution in [0.2, 0.25) is 0 Å². The van der Waals surface area contributed by atoms with Crippen molar-refractivity contribution >= 4 is 18.0 Å². The van der Waals surface area contributed by atoms with Gasteiger partial charge in [0.25, 0.3) is 0 Å². The molecule has 13 nitrogen and oxygen atoms in total. The van der Waals surface area contributed by atoms with Crippen LogP contribution in [0.1, 0.15) is 68.7 Å². The van der Waals surface area contributed by atoms with E-state index in [0.717, 1.165) is 12.8 Å². The molecule has 2 heterocycles. The number of hydrogen-bond acceptors (Lipinski definition) is 8. The van der Waals surface area contributed by atoms with Crippen LogP contribution in [0.15, 0.2) is 9.52 Å². The van der Waals surface area contributed by atoms with Gasteiger partial charge in [-0.05, 0) is 45.1 Å². The van der Waals surface area contributed by atoms with Gasteiger partial charge in [-0.3, -0.25) is 4.99 Å². The Morgan fingerprint density at radius 2 is 2.06 bits per heavy atom. The molecule has 1 aromatic heterocycles. The summed E-state index contributed by atoms with van der Waals surface area (Å²) in [5, 5.41) is 16.1. The van der Waals surface area contributed by atoms with Gasteiger partial charge in [-0.25, -0.2) is 9.59 Å². The summed E-state index contributed by atoms with van der Waals surface area (Å²) < 4.78 is 5.37. The molecular formula is C18H33N9O4. The second-order valence-electron chi connectivity index (χ2n) is 7.52. The molecule has 0 radical (unpaired) electrons. The number of carboxylic acids is 1. The van der Waals surface area contributed by atoms with Gasteiger partial charge in [-0.1, -0.05) is 11.6 Å². The van der Waals surface area contributed by atoms with Crippen LogP contribution < -0.4 is 28.3 Å². The molecule has 3 atom stereocenters. The third kappa shape index (κ3) is 7.36. The van der Waals surface area contributed by atoms with Crippen LogP contribution >= 0.6 is 0 Å². The van der Waals surface area contributed by atoms with Crippen molar-refractivity contribution in [1.29, 1.82) is 0 Å². The number of carbonyl (C=O) groups excluding carboxylic acids is 1. The highest BCUT2D eigenvalue weighted by Gasteiger charge is 2.35. The summed E-state index contributed by atoms with van der Waals surface area (Å²) in [6.45, 7) is 1.31. The zero-order valence-electron chi connectivity index (χ0n) is 17.6. The van der Waals surface area contributed by atoms with E-state index >= 15 is 0 Å². The Morgan fingerprint density at radius 3 is 2.74 bits per heavy atom. The number of likely N-dealkylation sites (tertiary alicyclic amines) is 1. The first-order valence-corrected chi connectivity index (χ1v) is 10.5. The summed E-state index contributed by atoms with van der Waals surface area (Å²) in [5.74, 6) is -0.501. The molecule has 1 aromatic rings. The first-order chi connectivity index (χ1) is 14.8. The van der Waals surface area contributed by atoms with Gasteiger partial charge >= 0.3 is 12.0 Å². The molecule has 13 heteroatoms. The van der Waals surface area contributed by atoms with Crippen LogP contribution in [0.4, 0.5) is 4.79 Å². The second-order valence-corrected chi connectivity index (χ2v) is 7.52. The number of unbranched alkanes of at least 4 members (excludes halogenated alkanes) is 1. The van der Waals surface area contributed by atoms with Gasteiger partial charge in [0.05, 0.1) is 6.04 Å². The fourth-order valence-corrected chi connectivity index (χ4v) is 3.44. The minimum Gasteiger partial charge on any atom is -0.480 e. The lowest BCUT2D eigenvalue weighted by Crippen LogP contribution is -2.47. The second kappa shape index (κ2) is 12.1. The Bertz CT molecular complexity index is 750. The first-order valence-electron chi connectivity index (χ1n) is 10.5. The van der Waals surface area contributed by atoms with E-state index in [1.54, 1.807) is 0 Å². The van der Waals surface area contributed by atoms with Gasteiger partial charge in [-0.15, -0.1) is 0 Å². The topological polar surface area (TPSA) is 225 Å². The van der Waals surface area contributed by atoms with Gasteiger partial charge in [-0.2, -0.15) is 4.98 Å². The molecule has 0 aliphatic carbocycles. The van der Waals surface area contributed by atoms with Crippen LogP contribution in [0, 0.1) is 0 Å². The van der Waals surface area contributed by atoms with Gasteiger partial charge < -0.3 is 42.8 Å². The van der Waals surface area contributed by atoms with E-state index < -0.39 is 30.1 Å². The van der Waals surface area contributed by atoms with E-state index in [4.69, 9.17) is 27.5 Å². The maximum atomic E-state index is 12.8. The number of nitrogens with one attached hydrogen (secondary N) is 1. The van der Waals surface area contributed by atoms with Gasteiger partial charge in [0.1, 0.15) is 12.1 Å². The Hall–Kier alpha value is -2.93. The number of nitrogens with zero attached hydrogens (tertiary/aromatic N) is 4. The number of hydrogen-bond donors (Lipinski definition) is 6. The normalized spacial score (nSPS) is 17.9. The molecule has 1 aliphatic heterocycles. The number of aliphatic imine (C=N–C) groups is 1. The van der Waals surface area contributed by atoms with Gasteiger partial charge in [0, 0.05) is 13.1 Å². The highest BCUT2D eigenvalue weighted by molar-refractivity contribution is 5.83. The third-order valence-corrected chi connectivity index (χ3v) is 5.10. The maximum Gasteiger partial charge on any atom is 0.326 e. The van der Waals surface area contributed by atoms with Crippen molar-refractivity contribution in [1.82, 2.24) is 20.4 Å². The molecular weight excluding hydrogens is 406 g/mol. The minimum absolute atomic E-state index is 0.0227. The van der Waals surface area contributed by atoms with Gasteiger partial charge in [0.2, 0.25) is 5.89 Å². The fourth-order valence-electron chi connectivity index (χ4n) is 3.44. The molecule has 2 amide bonds. The largest absolute Gasteiger partial charge is 0.480 e. The van der Waals surface area contributed by atoms with Crippen LogP contribution in [0.25, 0.3) is 0 Å². The summed E-state index contributed by atoms with van der Waals surface area (Å²) >= 11 is 0. The number of rotatable bonds is 12. The summed E-state index contributed by atoms with van der Waals surface area (Å²) in [5.41, 5.74) is 22.3. The molecule has 31 heavy (non-hydrogen) atoms. The fraction of sp³-hybridized carbons (Fsp3) is 0.722. The molecule has 10 N–H and O–H groups in total.